The van der Waals surface area contributed by atoms with Crippen LogP contribution in [0.15, 0.2) is 120 Å². The molecule has 1 heterocycles. The van der Waals surface area contributed by atoms with E-state index in [1.165, 1.54) is 24.3 Å². The van der Waals surface area contributed by atoms with Crippen LogP contribution in [0.2, 0.25) is 0 Å². The van der Waals surface area contributed by atoms with E-state index >= 15 is 0 Å². The number of carbonyl (C=O) groups is 1. The van der Waals surface area contributed by atoms with E-state index in [2.05, 4.69) is 0 Å². The molecule has 4 aromatic rings. The quantitative estimate of drug-likeness (QED) is 0.284. The Bertz CT molecular complexity index is 1500. The molecular formula is C32H24F2N2O. The van der Waals surface area contributed by atoms with E-state index in [0.29, 0.717) is 18.4 Å². The summed E-state index contributed by atoms with van der Waals surface area (Å²) in [6, 6.07) is 32.1. The molecule has 4 aromatic carbocycles. The van der Waals surface area contributed by atoms with Gasteiger partial charge in [0.1, 0.15) is 17.2 Å². The van der Waals surface area contributed by atoms with Gasteiger partial charge in [-0.15, -0.1) is 0 Å². The van der Waals surface area contributed by atoms with Crippen LogP contribution in [0.25, 0.3) is 6.08 Å². The maximum absolute atomic E-state index is 14.5. The van der Waals surface area contributed by atoms with Crippen LogP contribution < -0.4 is 5.01 Å². The molecular weight excluding hydrogens is 466 g/mol. The molecule has 37 heavy (non-hydrogen) atoms. The first-order valence-corrected chi connectivity index (χ1v) is 12.3. The Balaban J connectivity index is 1.55. The molecule has 0 unspecified atom stereocenters. The Hall–Kier alpha value is -4.38. The van der Waals surface area contributed by atoms with Gasteiger partial charge in [-0.1, -0.05) is 72.8 Å². The highest BCUT2D eigenvalue weighted by Gasteiger charge is 2.60. The number of hydrogen-bond donors (Lipinski definition) is 0. The summed E-state index contributed by atoms with van der Waals surface area (Å²) in [7, 11) is 0. The molecule has 1 saturated carbocycles. The molecule has 0 saturated heterocycles. The third-order valence-electron chi connectivity index (χ3n) is 7.28. The van der Waals surface area contributed by atoms with E-state index in [9.17, 15) is 13.6 Å². The first kappa shape index (κ1) is 23.0. The van der Waals surface area contributed by atoms with Gasteiger partial charge in [0.15, 0.2) is 5.78 Å². The molecule has 2 atom stereocenters. The number of para-hydroxylation sites is 1. The van der Waals surface area contributed by atoms with Crippen molar-refractivity contribution in [3.63, 3.8) is 0 Å². The molecule has 0 N–H and O–H groups in total. The van der Waals surface area contributed by atoms with Gasteiger partial charge in [0, 0.05) is 0 Å². The van der Waals surface area contributed by atoms with E-state index in [1.807, 2.05) is 71.7 Å². The van der Waals surface area contributed by atoms with Crippen LogP contribution in [0, 0.1) is 11.6 Å². The average Bonchev–Trinajstić information content (AvgIpc) is 3.45. The molecule has 0 aromatic heterocycles. The summed E-state index contributed by atoms with van der Waals surface area (Å²) in [5.74, 6) is -1.09. The summed E-state index contributed by atoms with van der Waals surface area (Å²) in [6.45, 7) is 0. The molecule has 1 spiro atoms. The van der Waals surface area contributed by atoms with Gasteiger partial charge in [-0.2, -0.15) is 5.10 Å². The molecule has 3 nitrogen and oxygen atoms in total. The number of carbonyl (C=O) groups excluding carboxylic acids is 1. The van der Waals surface area contributed by atoms with Crippen LogP contribution in [0.1, 0.15) is 35.4 Å². The zero-order valence-electron chi connectivity index (χ0n) is 20.0. The fraction of sp³-hybridized carbons (Fsp3) is 0.125. The van der Waals surface area contributed by atoms with Crippen LogP contribution in [0.5, 0.6) is 0 Å². The van der Waals surface area contributed by atoms with Crippen molar-refractivity contribution in [2.24, 2.45) is 5.10 Å². The number of ketones is 1. The summed E-state index contributed by atoms with van der Waals surface area (Å²) < 4.78 is 27.5. The third-order valence-corrected chi connectivity index (χ3v) is 7.28. The Morgan fingerprint density at radius 2 is 1.38 bits per heavy atom. The van der Waals surface area contributed by atoms with Crippen molar-refractivity contribution < 1.29 is 13.6 Å². The van der Waals surface area contributed by atoms with E-state index in [1.54, 1.807) is 24.3 Å². The average molecular weight is 491 g/mol. The van der Waals surface area contributed by atoms with Gasteiger partial charge in [0.25, 0.3) is 0 Å². The number of rotatable bonds is 4. The van der Waals surface area contributed by atoms with Crippen LogP contribution in [0.3, 0.4) is 0 Å². The largest absolute Gasteiger partial charge is 0.292 e. The maximum atomic E-state index is 14.5. The number of Topliss-reactive ketones (excluding diaryl/α,β-unsaturated/α-hetero) is 1. The molecule has 1 fully saturated rings. The van der Waals surface area contributed by atoms with Crippen LogP contribution in [-0.2, 0) is 4.79 Å². The SMILES string of the molecule is O=C1/C(=C/c2ccc(F)cc2)CC[C@@]12[C@H](c1ccc(F)cc1)C(c1ccccc1)=NN2c1ccccc1. The maximum Gasteiger partial charge on any atom is 0.187 e. The van der Waals surface area contributed by atoms with Crippen molar-refractivity contribution in [1.29, 1.82) is 0 Å². The van der Waals surface area contributed by atoms with Crippen molar-refractivity contribution in [2.75, 3.05) is 5.01 Å². The second-order valence-corrected chi connectivity index (χ2v) is 9.46. The highest BCUT2D eigenvalue weighted by molar-refractivity contribution is 6.19. The van der Waals surface area contributed by atoms with Crippen molar-refractivity contribution >= 4 is 23.3 Å². The van der Waals surface area contributed by atoms with E-state index < -0.39 is 11.5 Å². The van der Waals surface area contributed by atoms with Crippen LogP contribution in [-0.4, -0.2) is 17.0 Å². The minimum absolute atomic E-state index is 0.0234. The smallest absolute Gasteiger partial charge is 0.187 e. The van der Waals surface area contributed by atoms with Crippen molar-refractivity contribution in [1.82, 2.24) is 0 Å². The number of halogens is 2. The lowest BCUT2D eigenvalue weighted by molar-refractivity contribution is -0.119. The number of anilines is 1. The molecule has 0 radical (unpaired) electrons. The minimum atomic E-state index is -1.02. The summed E-state index contributed by atoms with van der Waals surface area (Å²) >= 11 is 0. The standard InChI is InChI=1S/C32H24F2N2O/c33-26-15-11-22(12-16-26)21-25-19-20-32(31(25)37)29(23-13-17-27(34)18-14-23)30(24-7-3-1-4-8-24)35-36(32)28-9-5-2-6-10-28/h1-18,21,29H,19-20H2/b25-21+/t29-,32-/m1/s1. The first-order valence-electron chi connectivity index (χ1n) is 12.3. The van der Waals surface area contributed by atoms with Crippen molar-refractivity contribution in [2.45, 2.75) is 24.3 Å². The molecule has 2 aliphatic rings. The lowest BCUT2D eigenvalue weighted by Gasteiger charge is -2.37. The van der Waals surface area contributed by atoms with Crippen LogP contribution >= 0.6 is 0 Å². The predicted molar refractivity (Wildman–Crippen MR) is 142 cm³/mol. The fourth-order valence-electron chi connectivity index (χ4n) is 5.59. The fourth-order valence-corrected chi connectivity index (χ4v) is 5.59. The van der Waals surface area contributed by atoms with Crippen LogP contribution in [0.4, 0.5) is 14.5 Å². The van der Waals surface area contributed by atoms with Gasteiger partial charge in [-0.3, -0.25) is 9.80 Å². The molecule has 6 rings (SSSR count). The first-order chi connectivity index (χ1) is 18.1. The number of benzene rings is 4. The van der Waals surface area contributed by atoms with Gasteiger partial charge in [0.2, 0.25) is 0 Å². The zero-order chi connectivity index (χ0) is 25.4. The highest BCUT2D eigenvalue weighted by Crippen LogP contribution is 2.52. The Morgan fingerprint density at radius 3 is 2.03 bits per heavy atom. The van der Waals surface area contributed by atoms with Crippen molar-refractivity contribution in [3.05, 3.63) is 143 Å². The Labute approximate surface area is 214 Å². The third kappa shape index (κ3) is 3.97. The lowest BCUT2D eigenvalue weighted by atomic mass is 9.73. The highest BCUT2D eigenvalue weighted by atomic mass is 19.1. The second-order valence-electron chi connectivity index (χ2n) is 9.46. The summed E-state index contributed by atoms with van der Waals surface area (Å²) in [6.07, 6.45) is 2.94. The second kappa shape index (κ2) is 9.25. The van der Waals surface area contributed by atoms with E-state index in [-0.39, 0.29) is 17.4 Å². The summed E-state index contributed by atoms with van der Waals surface area (Å²) in [4.78, 5) is 14.5. The van der Waals surface area contributed by atoms with Gasteiger partial charge < -0.3 is 0 Å². The molecule has 182 valence electrons. The van der Waals surface area contributed by atoms with Gasteiger partial charge in [-0.05, 0) is 77.6 Å². The minimum Gasteiger partial charge on any atom is -0.292 e. The Kier molecular flexibility index (Phi) is 5.76. The number of hydrogen-bond acceptors (Lipinski definition) is 3. The summed E-state index contributed by atoms with van der Waals surface area (Å²) in [5, 5.41) is 6.98. The molecule has 0 bridgehead atoms. The topological polar surface area (TPSA) is 32.7 Å². The molecule has 5 heteroatoms. The van der Waals surface area contributed by atoms with Gasteiger partial charge in [-0.25, -0.2) is 8.78 Å². The number of hydrazone groups is 1. The monoisotopic (exact) mass is 490 g/mol. The lowest BCUT2D eigenvalue weighted by Crippen LogP contribution is -2.51. The Morgan fingerprint density at radius 1 is 0.784 bits per heavy atom. The van der Waals surface area contributed by atoms with Gasteiger partial charge in [0.05, 0.1) is 17.3 Å². The molecule has 0 amide bonds. The molecule has 1 aliphatic carbocycles. The summed E-state index contributed by atoms with van der Waals surface area (Å²) in [5.41, 5.74) is 3.76. The normalized spacial score (nSPS) is 22.2. The molecule has 1 aliphatic heterocycles. The van der Waals surface area contributed by atoms with Gasteiger partial charge >= 0.3 is 0 Å². The van der Waals surface area contributed by atoms with Crippen molar-refractivity contribution in [3.8, 4) is 0 Å². The number of nitrogens with zero attached hydrogens (tertiary/aromatic N) is 2. The zero-order valence-corrected chi connectivity index (χ0v) is 20.0. The van der Waals surface area contributed by atoms with E-state index in [4.69, 9.17) is 5.10 Å². The predicted octanol–water partition coefficient (Wildman–Crippen LogP) is 7.16. The van der Waals surface area contributed by atoms with E-state index in [0.717, 1.165) is 28.1 Å².